The Morgan fingerprint density at radius 1 is 1.24 bits per heavy atom. The standard InChI is InChI=1S/C18H18F2N4O/c1-12-3-4-14(8-22-12)13(2)18(25,9-24-11-21-10-23-24)16-6-5-15(19)7-17(16)20/h3-8,10-11,13,25H,9H2,1-2H3. The molecule has 3 rings (SSSR count). The molecule has 2 unspecified atom stereocenters. The van der Waals surface area contributed by atoms with Crippen molar-refractivity contribution in [1.29, 1.82) is 0 Å². The highest BCUT2D eigenvalue weighted by Crippen LogP contribution is 2.39. The molecule has 7 heteroatoms. The number of aliphatic hydroxyl groups is 1. The SMILES string of the molecule is Cc1ccc(C(C)C(O)(Cn2cncn2)c2ccc(F)cc2F)cn1. The van der Waals surface area contributed by atoms with Gasteiger partial charge in [-0.25, -0.2) is 18.4 Å². The third-order valence-electron chi connectivity index (χ3n) is 4.42. The van der Waals surface area contributed by atoms with E-state index in [4.69, 9.17) is 0 Å². The number of halogens is 2. The fourth-order valence-corrected chi connectivity index (χ4v) is 2.87. The van der Waals surface area contributed by atoms with Crippen LogP contribution in [0.25, 0.3) is 0 Å². The summed E-state index contributed by atoms with van der Waals surface area (Å²) in [7, 11) is 0. The van der Waals surface area contributed by atoms with E-state index in [0.29, 0.717) is 0 Å². The third-order valence-corrected chi connectivity index (χ3v) is 4.42. The van der Waals surface area contributed by atoms with Gasteiger partial charge in [-0.3, -0.25) is 4.98 Å². The summed E-state index contributed by atoms with van der Waals surface area (Å²) in [5.74, 6) is -2.03. The quantitative estimate of drug-likeness (QED) is 0.773. The molecule has 0 bridgehead atoms. The van der Waals surface area contributed by atoms with E-state index in [1.54, 1.807) is 13.1 Å². The lowest BCUT2D eigenvalue weighted by Gasteiger charge is -2.35. The van der Waals surface area contributed by atoms with E-state index >= 15 is 0 Å². The Hall–Kier alpha value is -2.67. The lowest BCUT2D eigenvalue weighted by molar-refractivity contribution is -0.0113. The van der Waals surface area contributed by atoms with Gasteiger partial charge in [-0.15, -0.1) is 0 Å². The van der Waals surface area contributed by atoms with Crippen molar-refractivity contribution >= 4 is 0 Å². The van der Waals surface area contributed by atoms with Crippen molar-refractivity contribution in [2.45, 2.75) is 31.9 Å². The molecule has 0 saturated carbocycles. The van der Waals surface area contributed by atoms with Crippen molar-refractivity contribution in [3.63, 3.8) is 0 Å². The minimum Gasteiger partial charge on any atom is -0.382 e. The molecule has 0 radical (unpaired) electrons. The minimum atomic E-state index is -1.66. The van der Waals surface area contributed by atoms with Gasteiger partial charge in [0.2, 0.25) is 0 Å². The summed E-state index contributed by atoms with van der Waals surface area (Å²) < 4.78 is 29.2. The van der Waals surface area contributed by atoms with Gasteiger partial charge in [0.1, 0.15) is 29.9 Å². The molecule has 5 nitrogen and oxygen atoms in total. The third kappa shape index (κ3) is 3.41. The van der Waals surface area contributed by atoms with Crippen LogP contribution in [0.5, 0.6) is 0 Å². The van der Waals surface area contributed by atoms with Crippen LogP contribution < -0.4 is 0 Å². The number of hydrogen-bond acceptors (Lipinski definition) is 4. The van der Waals surface area contributed by atoms with E-state index < -0.39 is 23.2 Å². The van der Waals surface area contributed by atoms with Crippen LogP contribution in [0.2, 0.25) is 0 Å². The van der Waals surface area contributed by atoms with Crippen LogP contribution in [0.1, 0.15) is 29.7 Å². The van der Waals surface area contributed by atoms with Crippen LogP contribution in [-0.2, 0) is 12.1 Å². The predicted octanol–water partition coefficient (Wildman–Crippen LogP) is 2.95. The van der Waals surface area contributed by atoms with Crippen LogP contribution in [0, 0.1) is 18.6 Å². The number of aromatic nitrogens is 4. The van der Waals surface area contributed by atoms with Crippen LogP contribution in [0.3, 0.4) is 0 Å². The van der Waals surface area contributed by atoms with Crippen molar-refractivity contribution in [1.82, 2.24) is 19.7 Å². The van der Waals surface area contributed by atoms with Gasteiger partial charge < -0.3 is 5.11 Å². The summed E-state index contributed by atoms with van der Waals surface area (Å²) in [6, 6.07) is 6.82. The predicted molar refractivity (Wildman–Crippen MR) is 87.7 cm³/mol. The number of nitrogens with zero attached hydrogens (tertiary/aromatic N) is 4. The highest BCUT2D eigenvalue weighted by Gasteiger charge is 2.40. The van der Waals surface area contributed by atoms with Gasteiger partial charge in [-0.1, -0.05) is 19.1 Å². The molecule has 0 aliphatic heterocycles. The topological polar surface area (TPSA) is 63.8 Å². The second-order valence-corrected chi connectivity index (χ2v) is 6.10. The van der Waals surface area contributed by atoms with Crippen molar-refractivity contribution in [3.05, 3.63) is 77.6 Å². The van der Waals surface area contributed by atoms with E-state index in [9.17, 15) is 13.9 Å². The summed E-state index contributed by atoms with van der Waals surface area (Å²) >= 11 is 0. The zero-order valence-electron chi connectivity index (χ0n) is 13.9. The van der Waals surface area contributed by atoms with Gasteiger partial charge in [0, 0.05) is 29.4 Å². The van der Waals surface area contributed by atoms with E-state index in [1.807, 2.05) is 19.1 Å². The van der Waals surface area contributed by atoms with Gasteiger partial charge in [0.25, 0.3) is 0 Å². The van der Waals surface area contributed by atoms with Gasteiger partial charge in [0.15, 0.2) is 0 Å². The Morgan fingerprint density at radius 3 is 2.64 bits per heavy atom. The zero-order valence-corrected chi connectivity index (χ0v) is 13.9. The fourth-order valence-electron chi connectivity index (χ4n) is 2.87. The molecule has 130 valence electrons. The maximum Gasteiger partial charge on any atom is 0.137 e. The lowest BCUT2D eigenvalue weighted by Crippen LogP contribution is -2.38. The molecular formula is C18H18F2N4O. The van der Waals surface area contributed by atoms with Gasteiger partial charge in [-0.05, 0) is 24.6 Å². The minimum absolute atomic E-state index is 0.00234. The molecule has 0 aliphatic carbocycles. The summed E-state index contributed by atoms with van der Waals surface area (Å²) in [6.07, 6.45) is 4.42. The molecule has 25 heavy (non-hydrogen) atoms. The molecule has 0 aliphatic rings. The lowest BCUT2D eigenvalue weighted by atomic mass is 9.78. The van der Waals surface area contributed by atoms with Gasteiger partial charge in [-0.2, -0.15) is 5.10 Å². The van der Waals surface area contributed by atoms with E-state index in [-0.39, 0.29) is 12.1 Å². The average Bonchev–Trinajstić information content (AvgIpc) is 3.07. The van der Waals surface area contributed by atoms with Crippen LogP contribution in [0.4, 0.5) is 8.78 Å². The number of rotatable bonds is 5. The second-order valence-electron chi connectivity index (χ2n) is 6.10. The normalized spacial score (nSPS) is 14.9. The Kier molecular flexibility index (Phi) is 4.59. The molecule has 2 aromatic heterocycles. The Morgan fingerprint density at radius 2 is 2.04 bits per heavy atom. The van der Waals surface area contributed by atoms with Gasteiger partial charge >= 0.3 is 0 Å². The zero-order chi connectivity index (χ0) is 18.0. The van der Waals surface area contributed by atoms with Crippen LogP contribution in [0.15, 0.2) is 49.2 Å². The highest BCUT2D eigenvalue weighted by atomic mass is 19.1. The van der Waals surface area contributed by atoms with E-state index in [1.165, 1.54) is 23.4 Å². The first-order valence-electron chi connectivity index (χ1n) is 7.83. The second kappa shape index (κ2) is 6.68. The van der Waals surface area contributed by atoms with Crippen molar-refractivity contribution in [2.75, 3.05) is 0 Å². The maximum atomic E-state index is 14.5. The Balaban J connectivity index is 2.09. The van der Waals surface area contributed by atoms with Crippen molar-refractivity contribution in [3.8, 4) is 0 Å². The molecule has 0 spiro atoms. The number of pyridine rings is 1. The van der Waals surface area contributed by atoms with Crippen LogP contribution in [-0.4, -0.2) is 24.9 Å². The molecule has 1 aromatic carbocycles. The Bertz CT molecular complexity index is 852. The summed E-state index contributed by atoms with van der Waals surface area (Å²) in [5, 5.41) is 15.4. The highest BCUT2D eigenvalue weighted by molar-refractivity contribution is 5.31. The molecule has 2 atom stereocenters. The first-order chi connectivity index (χ1) is 11.9. The monoisotopic (exact) mass is 344 g/mol. The summed E-state index contributed by atoms with van der Waals surface area (Å²) in [5.41, 5.74) is -0.0965. The van der Waals surface area contributed by atoms with Crippen LogP contribution >= 0.6 is 0 Å². The molecule has 0 amide bonds. The average molecular weight is 344 g/mol. The number of benzene rings is 1. The summed E-state index contributed by atoms with van der Waals surface area (Å²) in [4.78, 5) is 8.10. The molecule has 1 N–H and O–H groups in total. The van der Waals surface area contributed by atoms with Crippen molar-refractivity contribution < 1.29 is 13.9 Å². The maximum absolute atomic E-state index is 14.5. The summed E-state index contributed by atoms with van der Waals surface area (Å²) in [6.45, 7) is 3.59. The number of hydrogen-bond donors (Lipinski definition) is 1. The van der Waals surface area contributed by atoms with Gasteiger partial charge in [0.05, 0.1) is 6.54 Å². The van der Waals surface area contributed by atoms with E-state index in [0.717, 1.165) is 23.4 Å². The molecule has 0 fully saturated rings. The fraction of sp³-hybridized carbons (Fsp3) is 0.278. The smallest absolute Gasteiger partial charge is 0.137 e. The molecule has 0 saturated heterocycles. The molecular weight excluding hydrogens is 326 g/mol. The largest absolute Gasteiger partial charge is 0.382 e. The molecule has 3 aromatic rings. The van der Waals surface area contributed by atoms with E-state index in [2.05, 4.69) is 15.1 Å². The first-order valence-corrected chi connectivity index (χ1v) is 7.83. The Labute approximate surface area is 144 Å². The first kappa shape index (κ1) is 17.2. The number of aryl methyl sites for hydroxylation is 1. The molecule has 2 heterocycles. The van der Waals surface area contributed by atoms with Crippen molar-refractivity contribution in [2.24, 2.45) is 0 Å².